The van der Waals surface area contributed by atoms with E-state index in [1.165, 1.54) is 7.11 Å². The van der Waals surface area contributed by atoms with E-state index in [4.69, 9.17) is 27.9 Å². The Bertz CT molecular complexity index is 690. The maximum absolute atomic E-state index is 13.0. The average molecular weight is 371 g/mol. The predicted octanol–water partition coefficient (Wildman–Crippen LogP) is 2.93. The van der Waals surface area contributed by atoms with Crippen molar-refractivity contribution < 1.29 is 9.53 Å². The number of carbonyl (C=O) groups is 1. The largest absolute Gasteiger partial charge is 0.494 e. The molecule has 1 aromatic carbocycles. The summed E-state index contributed by atoms with van der Waals surface area (Å²) >= 11 is 12.2. The van der Waals surface area contributed by atoms with Crippen molar-refractivity contribution in [3.8, 4) is 5.75 Å². The summed E-state index contributed by atoms with van der Waals surface area (Å²) in [5, 5.41) is 0.695. The zero-order valence-corrected chi connectivity index (χ0v) is 15.4. The van der Waals surface area contributed by atoms with Crippen molar-refractivity contribution in [3.05, 3.63) is 46.0 Å². The van der Waals surface area contributed by atoms with Gasteiger partial charge in [0.2, 0.25) is 0 Å². The third kappa shape index (κ3) is 4.63. The van der Waals surface area contributed by atoms with Crippen molar-refractivity contribution in [2.45, 2.75) is 6.54 Å². The second-order valence-corrected chi connectivity index (χ2v) is 6.42. The SMILES string of the molecule is COc1c(Cl)cc(Cl)cc1C(=O)N(CCN(C)C)Cc1cnc[nH]1. The van der Waals surface area contributed by atoms with Crippen LogP contribution in [-0.4, -0.2) is 60.0 Å². The number of nitrogens with one attached hydrogen (secondary N) is 1. The van der Waals surface area contributed by atoms with Crippen molar-refractivity contribution in [3.63, 3.8) is 0 Å². The Hall–Kier alpha value is -1.76. The molecule has 0 aliphatic rings. The minimum atomic E-state index is -0.201. The fourth-order valence-electron chi connectivity index (χ4n) is 2.25. The highest BCUT2D eigenvalue weighted by Crippen LogP contribution is 2.33. The van der Waals surface area contributed by atoms with Crippen LogP contribution in [0.3, 0.4) is 0 Å². The molecule has 0 saturated heterocycles. The zero-order chi connectivity index (χ0) is 17.7. The van der Waals surface area contributed by atoms with Gasteiger partial charge in [-0.1, -0.05) is 23.2 Å². The normalized spacial score (nSPS) is 10.9. The van der Waals surface area contributed by atoms with Crippen LogP contribution < -0.4 is 4.74 Å². The van der Waals surface area contributed by atoms with Crippen LogP contribution in [0.5, 0.6) is 5.75 Å². The number of halogens is 2. The van der Waals surface area contributed by atoms with Gasteiger partial charge in [0.05, 0.1) is 36.3 Å². The van der Waals surface area contributed by atoms with Crippen LogP contribution in [0, 0.1) is 0 Å². The number of aromatic amines is 1. The summed E-state index contributed by atoms with van der Waals surface area (Å²) in [6, 6.07) is 3.13. The summed E-state index contributed by atoms with van der Waals surface area (Å²) in [4.78, 5) is 23.8. The third-order valence-corrected chi connectivity index (χ3v) is 3.96. The summed E-state index contributed by atoms with van der Waals surface area (Å²) in [7, 11) is 5.39. The van der Waals surface area contributed by atoms with Gasteiger partial charge in [-0.2, -0.15) is 0 Å². The van der Waals surface area contributed by atoms with Crippen molar-refractivity contribution in [1.29, 1.82) is 0 Å². The van der Waals surface area contributed by atoms with Gasteiger partial charge in [0.1, 0.15) is 5.75 Å². The lowest BCUT2D eigenvalue weighted by atomic mass is 10.1. The maximum atomic E-state index is 13.0. The molecule has 1 aromatic heterocycles. The summed E-state index contributed by atoms with van der Waals surface area (Å²) in [5.74, 6) is 0.123. The second-order valence-electron chi connectivity index (χ2n) is 5.58. The summed E-state index contributed by atoms with van der Waals surface area (Å²) in [5.41, 5.74) is 1.18. The molecule has 0 fully saturated rings. The monoisotopic (exact) mass is 370 g/mol. The second kappa shape index (κ2) is 8.37. The Labute approximate surface area is 151 Å². The first-order valence-electron chi connectivity index (χ1n) is 7.36. The molecule has 0 spiro atoms. The lowest BCUT2D eigenvalue weighted by Gasteiger charge is -2.25. The minimum absolute atomic E-state index is 0.201. The maximum Gasteiger partial charge on any atom is 0.258 e. The molecule has 24 heavy (non-hydrogen) atoms. The number of H-pyrrole nitrogens is 1. The van der Waals surface area contributed by atoms with Gasteiger partial charge in [-0.3, -0.25) is 4.79 Å². The number of benzene rings is 1. The molecular formula is C16H20Cl2N4O2. The van der Waals surface area contributed by atoms with E-state index in [9.17, 15) is 4.79 Å². The molecule has 2 rings (SSSR count). The number of methoxy groups -OCH3 is 1. The van der Waals surface area contributed by atoms with Gasteiger partial charge in [-0.25, -0.2) is 4.98 Å². The standard InChI is InChI=1S/C16H20Cl2N4O2/c1-21(2)4-5-22(9-12-8-19-10-20-12)16(23)13-6-11(17)7-14(18)15(13)24-3/h6-8,10H,4-5,9H2,1-3H3,(H,19,20). The number of likely N-dealkylation sites (N-methyl/N-ethyl adjacent to an activating group) is 1. The highest BCUT2D eigenvalue weighted by molar-refractivity contribution is 6.36. The quantitative estimate of drug-likeness (QED) is 0.813. The molecule has 0 unspecified atom stereocenters. The topological polar surface area (TPSA) is 61.5 Å². The number of imidazole rings is 1. The first kappa shape index (κ1) is 18.6. The Balaban J connectivity index is 2.32. The van der Waals surface area contributed by atoms with E-state index in [0.29, 0.717) is 34.4 Å². The van der Waals surface area contributed by atoms with E-state index in [1.54, 1.807) is 29.6 Å². The molecule has 0 aliphatic heterocycles. The van der Waals surface area contributed by atoms with Gasteiger partial charge in [0.25, 0.3) is 5.91 Å². The first-order valence-corrected chi connectivity index (χ1v) is 8.12. The molecule has 8 heteroatoms. The van der Waals surface area contributed by atoms with Gasteiger partial charge in [0, 0.05) is 24.3 Å². The Kier molecular flexibility index (Phi) is 6.48. The molecule has 0 atom stereocenters. The molecule has 1 amide bonds. The van der Waals surface area contributed by atoms with Crippen molar-refractivity contribution in [2.75, 3.05) is 34.3 Å². The van der Waals surface area contributed by atoms with Crippen molar-refractivity contribution in [2.24, 2.45) is 0 Å². The lowest BCUT2D eigenvalue weighted by Crippen LogP contribution is -2.36. The van der Waals surface area contributed by atoms with Crippen LogP contribution >= 0.6 is 23.2 Å². The third-order valence-electron chi connectivity index (χ3n) is 3.46. The fraction of sp³-hybridized carbons (Fsp3) is 0.375. The predicted molar refractivity (Wildman–Crippen MR) is 94.9 cm³/mol. The highest BCUT2D eigenvalue weighted by atomic mass is 35.5. The fourth-order valence-corrected chi connectivity index (χ4v) is 2.82. The van der Waals surface area contributed by atoms with E-state index in [2.05, 4.69) is 9.97 Å². The Morgan fingerprint density at radius 1 is 1.29 bits per heavy atom. The van der Waals surface area contributed by atoms with E-state index >= 15 is 0 Å². The molecular weight excluding hydrogens is 351 g/mol. The summed E-state index contributed by atoms with van der Waals surface area (Å²) in [6.45, 7) is 1.66. The van der Waals surface area contributed by atoms with E-state index in [-0.39, 0.29) is 5.91 Å². The van der Waals surface area contributed by atoms with Gasteiger partial charge in [-0.15, -0.1) is 0 Å². The van der Waals surface area contributed by atoms with Crippen molar-refractivity contribution in [1.82, 2.24) is 19.8 Å². The number of amides is 1. The molecule has 0 aliphatic carbocycles. The van der Waals surface area contributed by atoms with Gasteiger partial charge >= 0.3 is 0 Å². The summed E-state index contributed by atoms with van der Waals surface area (Å²) in [6.07, 6.45) is 3.28. The average Bonchev–Trinajstić information content (AvgIpc) is 3.03. The first-order chi connectivity index (χ1) is 11.4. The molecule has 6 nitrogen and oxygen atoms in total. The molecule has 0 saturated carbocycles. The number of hydrogen-bond donors (Lipinski definition) is 1. The van der Waals surface area contributed by atoms with Crippen LogP contribution in [0.15, 0.2) is 24.7 Å². The Morgan fingerprint density at radius 3 is 2.62 bits per heavy atom. The van der Waals surface area contributed by atoms with Crippen molar-refractivity contribution >= 4 is 29.1 Å². The highest BCUT2D eigenvalue weighted by Gasteiger charge is 2.23. The number of hydrogen-bond acceptors (Lipinski definition) is 4. The number of rotatable bonds is 7. The molecule has 2 aromatic rings. The number of carbonyl (C=O) groups excluding carboxylic acids is 1. The zero-order valence-electron chi connectivity index (χ0n) is 13.8. The van der Waals surface area contributed by atoms with E-state index in [0.717, 1.165) is 12.2 Å². The van der Waals surface area contributed by atoms with Crippen LogP contribution in [0.4, 0.5) is 0 Å². The molecule has 130 valence electrons. The van der Waals surface area contributed by atoms with Gasteiger partial charge in [0.15, 0.2) is 0 Å². The van der Waals surface area contributed by atoms with Crippen LogP contribution in [0.25, 0.3) is 0 Å². The number of aromatic nitrogens is 2. The summed E-state index contributed by atoms with van der Waals surface area (Å²) < 4.78 is 5.29. The smallest absolute Gasteiger partial charge is 0.258 e. The number of ether oxygens (including phenoxy) is 1. The molecule has 0 radical (unpaired) electrons. The number of nitrogens with zero attached hydrogens (tertiary/aromatic N) is 3. The molecule has 0 bridgehead atoms. The van der Waals surface area contributed by atoms with Gasteiger partial charge in [-0.05, 0) is 26.2 Å². The Morgan fingerprint density at radius 2 is 2.04 bits per heavy atom. The molecule has 1 heterocycles. The minimum Gasteiger partial charge on any atom is -0.494 e. The van der Waals surface area contributed by atoms with Crippen LogP contribution in [0.1, 0.15) is 16.1 Å². The lowest BCUT2D eigenvalue weighted by molar-refractivity contribution is 0.0726. The van der Waals surface area contributed by atoms with E-state index < -0.39 is 0 Å². The van der Waals surface area contributed by atoms with Crippen LogP contribution in [0.2, 0.25) is 10.0 Å². The van der Waals surface area contributed by atoms with Crippen LogP contribution in [-0.2, 0) is 6.54 Å². The van der Waals surface area contributed by atoms with Gasteiger partial charge < -0.3 is 19.5 Å². The van der Waals surface area contributed by atoms with E-state index in [1.807, 2.05) is 19.0 Å². The molecule has 1 N–H and O–H groups in total.